The molecule has 4 nitrogen and oxygen atoms in total. The molecule has 43 heavy (non-hydrogen) atoms. The molecule has 4 heteroatoms. The van der Waals surface area contributed by atoms with Crippen LogP contribution in [0.25, 0.3) is 0 Å². The van der Waals surface area contributed by atoms with E-state index in [0.29, 0.717) is 18.5 Å². The predicted octanol–water partition coefficient (Wildman–Crippen LogP) is 8.01. The van der Waals surface area contributed by atoms with Crippen molar-refractivity contribution in [3.8, 4) is 0 Å². The largest absolute Gasteiger partial charge is 0.369 e. The highest BCUT2D eigenvalue weighted by atomic mass is 16.2. The molecule has 0 spiro atoms. The molecule has 0 atom stereocenters. The van der Waals surface area contributed by atoms with Gasteiger partial charge in [-0.25, -0.2) is 0 Å². The fraction of sp³-hybridized carbons (Fsp3) is 0.359. The Hall–Kier alpha value is -3.89. The van der Waals surface area contributed by atoms with Crippen molar-refractivity contribution in [3.05, 3.63) is 138 Å². The maximum Gasteiger partial charge on any atom is 0.254 e. The molecule has 0 unspecified atom stereocenters. The van der Waals surface area contributed by atoms with Crippen LogP contribution in [0.3, 0.4) is 0 Å². The zero-order chi connectivity index (χ0) is 29.3. The zero-order valence-corrected chi connectivity index (χ0v) is 25.4. The van der Waals surface area contributed by atoms with Gasteiger partial charge in [-0.15, -0.1) is 0 Å². The van der Waals surface area contributed by atoms with Crippen molar-refractivity contribution in [2.45, 2.75) is 57.0 Å². The Morgan fingerprint density at radius 1 is 0.674 bits per heavy atom. The number of nitrogens with zero attached hydrogens (tertiary/aromatic N) is 3. The maximum atomic E-state index is 13.8. The van der Waals surface area contributed by atoms with Crippen LogP contribution in [0, 0.1) is 0 Å². The van der Waals surface area contributed by atoms with E-state index in [-0.39, 0.29) is 5.91 Å². The monoisotopic (exact) mass is 571 g/mol. The number of carbonyl (C=O) groups is 1. The quantitative estimate of drug-likeness (QED) is 0.193. The van der Waals surface area contributed by atoms with Crippen molar-refractivity contribution < 1.29 is 4.79 Å². The third-order valence-corrected chi connectivity index (χ3v) is 9.46. The van der Waals surface area contributed by atoms with Crippen LogP contribution in [0.15, 0.2) is 115 Å². The van der Waals surface area contributed by atoms with Crippen molar-refractivity contribution in [3.63, 3.8) is 0 Å². The molecule has 0 bridgehead atoms. The molecule has 2 fully saturated rings. The number of amides is 1. The van der Waals surface area contributed by atoms with Crippen LogP contribution in [0.2, 0.25) is 0 Å². The Morgan fingerprint density at radius 3 is 1.81 bits per heavy atom. The summed E-state index contributed by atoms with van der Waals surface area (Å²) in [6.45, 7) is 5.91. The van der Waals surface area contributed by atoms with Crippen LogP contribution in [0.1, 0.15) is 71.5 Å². The van der Waals surface area contributed by atoms with E-state index < -0.39 is 0 Å². The van der Waals surface area contributed by atoms with E-state index in [1.165, 1.54) is 41.6 Å². The van der Waals surface area contributed by atoms with E-state index in [9.17, 15) is 4.79 Å². The molecule has 1 aliphatic carbocycles. The molecule has 222 valence electrons. The van der Waals surface area contributed by atoms with Crippen molar-refractivity contribution in [2.75, 3.05) is 37.6 Å². The normalized spacial score (nSPS) is 16.3. The predicted molar refractivity (Wildman–Crippen MR) is 178 cm³/mol. The van der Waals surface area contributed by atoms with Crippen LogP contribution in [-0.4, -0.2) is 54.5 Å². The van der Waals surface area contributed by atoms with Gasteiger partial charge < -0.3 is 9.80 Å². The summed E-state index contributed by atoms with van der Waals surface area (Å²) in [5.74, 6) is 0.582. The first-order valence-electron chi connectivity index (χ1n) is 16.3. The number of benzene rings is 4. The summed E-state index contributed by atoms with van der Waals surface area (Å²) in [7, 11) is 0. The standard InChI is InChI=1S/C39H45N3O/c43-39(42(37-19-11-4-12-20-37)31-32-13-5-1-6-14-32)35-21-23-36(24-22-35)41-29-27-40(28-30-41)26-25-38(33-15-7-2-8-16-33)34-17-9-3-10-18-34/h1-3,5-10,13-18,21-24,37-38H,4,11-12,19-20,25-31H2. The second-order valence-corrected chi connectivity index (χ2v) is 12.2. The second kappa shape index (κ2) is 14.5. The Kier molecular flexibility index (Phi) is 9.86. The topological polar surface area (TPSA) is 26.8 Å². The lowest BCUT2D eigenvalue weighted by Gasteiger charge is -2.37. The summed E-state index contributed by atoms with van der Waals surface area (Å²) in [4.78, 5) is 21.0. The minimum atomic E-state index is 0.165. The second-order valence-electron chi connectivity index (χ2n) is 12.2. The van der Waals surface area contributed by atoms with Gasteiger partial charge in [0, 0.05) is 55.9 Å². The van der Waals surface area contributed by atoms with E-state index in [0.717, 1.165) is 57.5 Å². The molecule has 1 saturated heterocycles. The molecule has 0 N–H and O–H groups in total. The Morgan fingerprint density at radius 2 is 1.23 bits per heavy atom. The average Bonchev–Trinajstić information content (AvgIpc) is 3.09. The van der Waals surface area contributed by atoms with Gasteiger partial charge in [-0.1, -0.05) is 110 Å². The summed E-state index contributed by atoms with van der Waals surface area (Å²) in [5, 5.41) is 0. The molecular formula is C39H45N3O. The third-order valence-electron chi connectivity index (χ3n) is 9.46. The number of hydrogen-bond acceptors (Lipinski definition) is 3. The van der Waals surface area contributed by atoms with E-state index in [1.54, 1.807) is 0 Å². The minimum Gasteiger partial charge on any atom is -0.369 e. The SMILES string of the molecule is O=C(c1ccc(N2CCN(CCC(c3ccccc3)c3ccccc3)CC2)cc1)N(Cc1ccccc1)C1CCCCC1. The van der Waals surface area contributed by atoms with Crippen LogP contribution in [0.5, 0.6) is 0 Å². The van der Waals surface area contributed by atoms with Crippen LogP contribution in [-0.2, 0) is 6.54 Å². The van der Waals surface area contributed by atoms with Gasteiger partial charge >= 0.3 is 0 Å². The molecule has 1 heterocycles. The van der Waals surface area contributed by atoms with Crippen LogP contribution >= 0.6 is 0 Å². The summed E-state index contributed by atoms with van der Waals surface area (Å²) in [5.41, 5.74) is 6.02. The Labute approximate surface area is 258 Å². The summed E-state index contributed by atoms with van der Waals surface area (Å²) < 4.78 is 0. The van der Waals surface area contributed by atoms with Gasteiger partial charge in [0.1, 0.15) is 0 Å². The highest BCUT2D eigenvalue weighted by Gasteiger charge is 2.27. The molecule has 6 rings (SSSR count). The van der Waals surface area contributed by atoms with Gasteiger partial charge in [0.15, 0.2) is 0 Å². The van der Waals surface area contributed by atoms with E-state index in [1.807, 2.05) is 6.07 Å². The van der Waals surface area contributed by atoms with Gasteiger partial charge in [0.2, 0.25) is 0 Å². The van der Waals surface area contributed by atoms with E-state index in [2.05, 4.69) is 124 Å². The lowest BCUT2D eigenvalue weighted by molar-refractivity contribution is 0.0614. The Balaban J connectivity index is 1.05. The summed E-state index contributed by atoms with van der Waals surface area (Å²) >= 11 is 0. The number of anilines is 1. The van der Waals surface area contributed by atoms with Crippen molar-refractivity contribution in [1.29, 1.82) is 0 Å². The van der Waals surface area contributed by atoms with Gasteiger partial charge in [-0.3, -0.25) is 9.69 Å². The molecule has 0 aromatic heterocycles. The number of hydrogen-bond donors (Lipinski definition) is 0. The van der Waals surface area contributed by atoms with Gasteiger partial charge in [0.25, 0.3) is 5.91 Å². The number of carbonyl (C=O) groups excluding carboxylic acids is 1. The highest BCUT2D eigenvalue weighted by molar-refractivity contribution is 5.94. The first-order chi connectivity index (χ1) is 21.2. The molecular weight excluding hydrogens is 526 g/mol. The smallest absolute Gasteiger partial charge is 0.254 e. The average molecular weight is 572 g/mol. The maximum absolute atomic E-state index is 13.8. The van der Waals surface area contributed by atoms with Gasteiger partial charge in [-0.2, -0.15) is 0 Å². The molecule has 1 aliphatic heterocycles. The molecule has 1 amide bonds. The first kappa shape index (κ1) is 29.2. The van der Waals surface area contributed by atoms with Crippen molar-refractivity contribution in [2.24, 2.45) is 0 Å². The molecule has 1 saturated carbocycles. The zero-order valence-electron chi connectivity index (χ0n) is 25.4. The summed E-state index contributed by atoms with van der Waals surface area (Å²) in [6.07, 6.45) is 7.05. The minimum absolute atomic E-state index is 0.165. The third kappa shape index (κ3) is 7.55. The highest BCUT2D eigenvalue weighted by Crippen LogP contribution is 2.29. The van der Waals surface area contributed by atoms with Crippen LogP contribution < -0.4 is 4.90 Å². The fourth-order valence-corrected chi connectivity index (χ4v) is 6.96. The van der Waals surface area contributed by atoms with Gasteiger partial charge in [0.05, 0.1) is 0 Å². The fourth-order valence-electron chi connectivity index (χ4n) is 6.96. The van der Waals surface area contributed by atoms with E-state index in [4.69, 9.17) is 0 Å². The van der Waals surface area contributed by atoms with Crippen molar-refractivity contribution in [1.82, 2.24) is 9.80 Å². The molecule has 0 radical (unpaired) electrons. The van der Waals surface area contributed by atoms with Gasteiger partial charge in [-0.05, 0) is 66.8 Å². The lowest BCUT2D eigenvalue weighted by Crippen LogP contribution is -2.46. The molecule has 4 aromatic carbocycles. The Bertz CT molecular complexity index is 1350. The molecule has 4 aromatic rings. The van der Waals surface area contributed by atoms with E-state index >= 15 is 0 Å². The van der Waals surface area contributed by atoms with Crippen molar-refractivity contribution >= 4 is 11.6 Å². The van der Waals surface area contributed by atoms with Crippen LogP contribution in [0.4, 0.5) is 5.69 Å². The number of piperazine rings is 1. The lowest BCUT2D eigenvalue weighted by atomic mass is 9.88. The first-order valence-corrected chi connectivity index (χ1v) is 16.3. The summed E-state index contributed by atoms with van der Waals surface area (Å²) in [6, 6.07) is 41.1. The number of rotatable bonds is 10. The molecule has 2 aliphatic rings.